The van der Waals surface area contributed by atoms with E-state index < -0.39 is 0 Å². The van der Waals surface area contributed by atoms with Gasteiger partial charge in [-0.15, -0.1) is 0 Å². The molecule has 0 saturated heterocycles. The molecule has 0 amide bonds. The molecule has 4 rings (SSSR count). The minimum atomic E-state index is -0.0595. The highest BCUT2D eigenvalue weighted by atomic mass is 79.9. The molecule has 0 aliphatic heterocycles. The molecule has 6 nitrogen and oxygen atoms in total. The van der Waals surface area contributed by atoms with Crippen LogP contribution in [-0.4, -0.2) is 25.7 Å². The van der Waals surface area contributed by atoms with Crippen molar-refractivity contribution in [3.8, 4) is 0 Å². The molecule has 1 aliphatic rings. The Balaban J connectivity index is 1.72. The van der Waals surface area contributed by atoms with Gasteiger partial charge in [-0.1, -0.05) is 21.1 Å². The molecule has 2 heterocycles. The molecule has 116 valence electrons. The Morgan fingerprint density at radius 2 is 2.22 bits per heavy atom. The van der Waals surface area contributed by atoms with E-state index in [1.54, 1.807) is 11.0 Å². The first-order valence-electron chi connectivity index (χ1n) is 7.32. The van der Waals surface area contributed by atoms with Gasteiger partial charge in [-0.2, -0.15) is 5.10 Å². The van der Waals surface area contributed by atoms with Crippen molar-refractivity contribution in [1.29, 1.82) is 0 Å². The zero-order valence-corrected chi connectivity index (χ0v) is 13.7. The maximum absolute atomic E-state index is 13.0. The predicted octanol–water partition coefficient (Wildman–Crippen LogP) is 3.19. The van der Waals surface area contributed by atoms with Crippen molar-refractivity contribution >= 4 is 21.7 Å². The largest absolute Gasteiger partial charge is 0.360 e. The third kappa shape index (κ3) is 2.84. The first-order valence-corrected chi connectivity index (χ1v) is 8.12. The van der Waals surface area contributed by atoms with E-state index in [0.717, 1.165) is 22.9 Å². The number of aromatic nitrogens is 4. The molecule has 0 radical (unpaired) electrons. The Morgan fingerprint density at radius 3 is 2.96 bits per heavy atom. The summed E-state index contributed by atoms with van der Waals surface area (Å²) in [6, 6.07) is 5.62. The maximum Gasteiger partial charge on any atom is 0.198 e. The summed E-state index contributed by atoms with van der Waals surface area (Å²) in [5.74, 6) is 0.992. The molecule has 0 bridgehead atoms. The van der Waals surface area contributed by atoms with Gasteiger partial charge in [0.25, 0.3) is 0 Å². The van der Waals surface area contributed by atoms with Crippen LogP contribution in [0.25, 0.3) is 0 Å². The molecular weight excluding hydrogens is 360 g/mol. The van der Waals surface area contributed by atoms with Crippen LogP contribution in [0, 0.1) is 0 Å². The second-order valence-electron chi connectivity index (χ2n) is 5.60. The quantitative estimate of drug-likeness (QED) is 0.643. The minimum absolute atomic E-state index is 0.0595. The first-order chi connectivity index (χ1) is 11.2. The van der Waals surface area contributed by atoms with E-state index in [9.17, 15) is 4.79 Å². The SMILES string of the molecule is O=C(c1ccc(Br)cc1Cn1cncn1)c1cnoc1C1CC1. The zero-order chi connectivity index (χ0) is 15.8. The maximum atomic E-state index is 13.0. The molecule has 0 spiro atoms. The molecule has 1 aromatic carbocycles. The van der Waals surface area contributed by atoms with Crippen molar-refractivity contribution in [1.82, 2.24) is 19.9 Å². The number of benzene rings is 1. The zero-order valence-electron chi connectivity index (χ0n) is 12.1. The van der Waals surface area contributed by atoms with Gasteiger partial charge in [0.2, 0.25) is 0 Å². The number of hydrogen-bond acceptors (Lipinski definition) is 5. The Kier molecular flexibility index (Phi) is 3.57. The van der Waals surface area contributed by atoms with Crippen molar-refractivity contribution in [2.24, 2.45) is 0 Å². The molecular formula is C16H13BrN4O2. The second kappa shape index (κ2) is 5.73. The minimum Gasteiger partial charge on any atom is -0.360 e. The average molecular weight is 373 g/mol. The van der Waals surface area contributed by atoms with Crippen LogP contribution in [0.4, 0.5) is 0 Å². The van der Waals surface area contributed by atoms with E-state index in [1.165, 1.54) is 12.5 Å². The van der Waals surface area contributed by atoms with Crippen molar-refractivity contribution in [3.63, 3.8) is 0 Å². The number of nitrogens with zero attached hydrogens (tertiary/aromatic N) is 4. The van der Waals surface area contributed by atoms with Gasteiger partial charge in [0, 0.05) is 16.0 Å². The number of hydrogen-bond donors (Lipinski definition) is 0. The molecule has 0 N–H and O–H groups in total. The summed E-state index contributed by atoms with van der Waals surface area (Å²) in [5.41, 5.74) is 2.07. The highest BCUT2D eigenvalue weighted by Crippen LogP contribution is 2.42. The van der Waals surface area contributed by atoms with Gasteiger partial charge < -0.3 is 4.52 Å². The summed E-state index contributed by atoms with van der Waals surface area (Å²) in [4.78, 5) is 16.9. The fourth-order valence-electron chi connectivity index (χ4n) is 2.61. The fraction of sp³-hybridized carbons (Fsp3) is 0.250. The summed E-state index contributed by atoms with van der Waals surface area (Å²) in [6.07, 6.45) is 6.75. The normalized spacial score (nSPS) is 14.1. The molecule has 0 atom stereocenters. The standard InChI is InChI=1S/C16H13BrN4O2/c17-12-3-4-13(11(5-12)7-21-9-18-8-19-21)15(22)14-6-20-23-16(14)10-1-2-10/h3-6,8-10H,1-2,7H2. The van der Waals surface area contributed by atoms with E-state index in [2.05, 4.69) is 31.2 Å². The van der Waals surface area contributed by atoms with E-state index in [4.69, 9.17) is 4.52 Å². The van der Waals surface area contributed by atoms with Crippen LogP contribution in [0.15, 0.2) is 46.0 Å². The van der Waals surface area contributed by atoms with Crippen molar-refractivity contribution in [3.05, 3.63) is 64.0 Å². The first kappa shape index (κ1) is 14.3. The second-order valence-corrected chi connectivity index (χ2v) is 6.52. The van der Waals surface area contributed by atoms with Gasteiger partial charge in [0.15, 0.2) is 11.5 Å². The molecule has 1 aliphatic carbocycles. The van der Waals surface area contributed by atoms with Crippen LogP contribution in [0.3, 0.4) is 0 Å². The number of carbonyl (C=O) groups excluding carboxylic acids is 1. The summed E-state index contributed by atoms with van der Waals surface area (Å²) >= 11 is 3.46. The van der Waals surface area contributed by atoms with E-state index in [1.807, 2.05) is 18.2 Å². The van der Waals surface area contributed by atoms with Crippen LogP contribution in [0.1, 0.15) is 46.0 Å². The lowest BCUT2D eigenvalue weighted by Crippen LogP contribution is -2.10. The number of carbonyl (C=O) groups is 1. The molecule has 2 aromatic heterocycles. The van der Waals surface area contributed by atoms with Crippen molar-refractivity contribution in [2.45, 2.75) is 25.3 Å². The molecule has 1 fully saturated rings. The Bertz CT molecular complexity index is 853. The molecule has 0 unspecified atom stereocenters. The van der Waals surface area contributed by atoms with Gasteiger partial charge in [-0.05, 0) is 36.6 Å². The highest BCUT2D eigenvalue weighted by Gasteiger charge is 2.33. The third-order valence-electron chi connectivity index (χ3n) is 3.90. The Hall–Kier alpha value is -2.28. The van der Waals surface area contributed by atoms with Crippen LogP contribution in [0.2, 0.25) is 0 Å². The van der Waals surface area contributed by atoms with Gasteiger partial charge >= 0.3 is 0 Å². The number of ketones is 1. The Labute approximate surface area is 140 Å². The summed E-state index contributed by atoms with van der Waals surface area (Å²) < 4.78 is 7.90. The van der Waals surface area contributed by atoms with Crippen LogP contribution >= 0.6 is 15.9 Å². The van der Waals surface area contributed by atoms with Crippen molar-refractivity contribution in [2.75, 3.05) is 0 Å². The lowest BCUT2D eigenvalue weighted by Gasteiger charge is -2.09. The monoisotopic (exact) mass is 372 g/mol. The Morgan fingerprint density at radius 1 is 1.35 bits per heavy atom. The highest BCUT2D eigenvalue weighted by molar-refractivity contribution is 9.10. The molecule has 23 heavy (non-hydrogen) atoms. The van der Waals surface area contributed by atoms with Crippen LogP contribution in [0.5, 0.6) is 0 Å². The van der Waals surface area contributed by atoms with Crippen molar-refractivity contribution < 1.29 is 9.32 Å². The molecule has 3 aromatic rings. The van der Waals surface area contributed by atoms with Gasteiger partial charge in [0.05, 0.1) is 18.3 Å². The molecule has 7 heteroatoms. The van der Waals surface area contributed by atoms with Gasteiger partial charge in [0.1, 0.15) is 12.7 Å². The van der Waals surface area contributed by atoms with Gasteiger partial charge in [-0.25, -0.2) is 9.67 Å². The predicted molar refractivity (Wildman–Crippen MR) is 85.2 cm³/mol. The average Bonchev–Trinajstić information content (AvgIpc) is 3.05. The lowest BCUT2D eigenvalue weighted by atomic mass is 9.98. The van der Waals surface area contributed by atoms with Crippen LogP contribution < -0.4 is 0 Å². The smallest absolute Gasteiger partial charge is 0.198 e. The summed E-state index contributed by atoms with van der Waals surface area (Å²) in [6.45, 7) is 0.477. The lowest BCUT2D eigenvalue weighted by molar-refractivity contribution is 0.103. The molecule has 1 saturated carbocycles. The van der Waals surface area contributed by atoms with E-state index >= 15 is 0 Å². The van der Waals surface area contributed by atoms with Gasteiger partial charge in [-0.3, -0.25) is 4.79 Å². The third-order valence-corrected chi connectivity index (χ3v) is 4.40. The van der Waals surface area contributed by atoms with E-state index in [-0.39, 0.29) is 5.78 Å². The summed E-state index contributed by atoms with van der Waals surface area (Å²) in [5, 5.41) is 7.93. The van der Waals surface area contributed by atoms with E-state index in [0.29, 0.717) is 29.3 Å². The number of rotatable bonds is 5. The fourth-order valence-corrected chi connectivity index (χ4v) is 3.02. The number of halogens is 1. The topological polar surface area (TPSA) is 73.8 Å². The summed E-state index contributed by atoms with van der Waals surface area (Å²) in [7, 11) is 0. The van der Waals surface area contributed by atoms with Crippen LogP contribution in [-0.2, 0) is 6.54 Å².